The molecule has 1 aliphatic rings. The molecule has 0 saturated heterocycles. The zero-order valence-corrected chi connectivity index (χ0v) is 18.0. The summed E-state index contributed by atoms with van der Waals surface area (Å²) in [7, 11) is -3.67. The van der Waals surface area contributed by atoms with Gasteiger partial charge in [0.2, 0.25) is 10.0 Å². The lowest BCUT2D eigenvalue weighted by atomic mass is 10.1. The maximum absolute atomic E-state index is 13.5. The molecule has 6 heteroatoms. The normalized spacial score (nSPS) is 17.9. The third-order valence-electron chi connectivity index (χ3n) is 5.01. The SMILES string of the molecule is CC(C)COc1ccc([C@H]2Nc3ccccc3S(=O)(=O)N2Cc2ccccc2)cc1. The van der Waals surface area contributed by atoms with E-state index >= 15 is 0 Å². The number of ether oxygens (including phenoxy) is 1. The van der Waals surface area contributed by atoms with Crippen LogP contribution in [0.1, 0.15) is 31.1 Å². The third-order valence-corrected chi connectivity index (χ3v) is 6.88. The summed E-state index contributed by atoms with van der Waals surface area (Å²) in [5, 5.41) is 3.41. The lowest BCUT2D eigenvalue weighted by Gasteiger charge is -2.37. The van der Waals surface area contributed by atoms with Gasteiger partial charge >= 0.3 is 0 Å². The minimum Gasteiger partial charge on any atom is -0.493 e. The van der Waals surface area contributed by atoms with Gasteiger partial charge in [0.05, 0.1) is 12.3 Å². The molecule has 3 aromatic carbocycles. The number of nitrogens with one attached hydrogen (secondary N) is 1. The molecule has 0 bridgehead atoms. The van der Waals surface area contributed by atoms with E-state index in [1.165, 1.54) is 4.31 Å². The van der Waals surface area contributed by atoms with Gasteiger partial charge in [-0.2, -0.15) is 4.31 Å². The van der Waals surface area contributed by atoms with E-state index in [0.717, 1.165) is 16.9 Å². The molecule has 0 saturated carbocycles. The maximum atomic E-state index is 13.5. The van der Waals surface area contributed by atoms with Gasteiger partial charge in [-0.3, -0.25) is 0 Å². The molecule has 0 amide bonds. The summed E-state index contributed by atoms with van der Waals surface area (Å²) in [4.78, 5) is 0.300. The molecular formula is C24H26N2O3S. The quantitative estimate of drug-likeness (QED) is 0.605. The Kier molecular flexibility index (Phi) is 5.79. The summed E-state index contributed by atoms with van der Waals surface area (Å²) in [6.07, 6.45) is -0.510. The Morgan fingerprint density at radius 2 is 1.60 bits per heavy atom. The van der Waals surface area contributed by atoms with E-state index < -0.39 is 16.2 Å². The van der Waals surface area contributed by atoms with Gasteiger partial charge in [-0.05, 0) is 41.3 Å². The first-order chi connectivity index (χ1) is 14.4. The molecule has 1 aliphatic heterocycles. The van der Waals surface area contributed by atoms with Gasteiger partial charge < -0.3 is 10.1 Å². The van der Waals surface area contributed by atoms with Crippen molar-refractivity contribution in [3.05, 3.63) is 90.0 Å². The smallest absolute Gasteiger partial charge is 0.247 e. The minimum atomic E-state index is -3.67. The zero-order chi connectivity index (χ0) is 21.1. The van der Waals surface area contributed by atoms with Crippen molar-refractivity contribution < 1.29 is 13.2 Å². The van der Waals surface area contributed by atoms with E-state index in [4.69, 9.17) is 4.74 Å². The average Bonchev–Trinajstić information content (AvgIpc) is 2.75. The molecule has 1 atom stereocenters. The van der Waals surface area contributed by atoms with Crippen LogP contribution in [0.4, 0.5) is 5.69 Å². The molecule has 3 aromatic rings. The van der Waals surface area contributed by atoms with Gasteiger partial charge in [0.25, 0.3) is 0 Å². The standard InChI is InChI=1S/C24H26N2O3S/c1-18(2)17-29-21-14-12-20(13-15-21)24-25-22-10-6-7-11-23(22)30(27,28)26(24)16-19-8-4-3-5-9-19/h3-15,18,24-25H,16-17H2,1-2H3/t24-/m0/s1. The van der Waals surface area contributed by atoms with E-state index in [1.54, 1.807) is 18.2 Å². The highest BCUT2D eigenvalue weighted by Gasteiger charge is 2.38. The van der Waals surface area contributed by atoms with Crippen LogP contribution < -0.4 is 10.1 Å². The predicted octanol–water partition coefficient (Wildman–Crippen LogP) is 5.04. The summed E-state index contributed by atoms with van der Waals surface area (Å²) < 4.78 is 34.3. The molecule has 5 nitrogen and oxygen atoms in total. The van der Waals surface area contributed by atoms with Crippen LogP contribution in [0, 0.1) is 5.92 Å². The van der Waals surface area contributed by atoms with Gasteiger partial charge in [0.1, 0.15) is 16.8 Å². The van der Waals surface area contributed by atoms with E-state index in [0.29, 0.717) is 23.1 Å². The van der Waals surface area contributed by atoms with Crippen LogP contribution in [0.2, 0.25) is 0 Å². The highest BCUT2D eigenvalue weighted by molar-refractivity contribution is 7.89. The first-order valence-electron chi connectivity index (χ1n) is 10.1. The molecule has 0 spiro atoms. The second-order valence-electron chi connectivity index (χ2n) is 7.85. The highest BCUT2D eigenvalue weighted by Crippen LogP contribution is 2.39. The molecular weight excluding hydrogens is 396 g/mol. The van der Waals surface area contributed by atoms with Crippen molar-refractivity contribution in [1.82, 2.24) is 4.31 Å². The van der Waals surface area contributed by atoms with Crippen LogP contribution in [-0.2, 0) is 16.6 Å². The minimum absolute atomic E-state index is 0.279. The molecule has 156 valence electrons. The van der Waals surface area contributed by atoms with Gasteiger partial charge in [-0.1, -0.05) is 68.4 Å². The number of para-hydroxylation sites is 1. The second kappa shape index (κ2) is 8.50. The summed E-state index contributed by atoms with van der Waals surface area (Å²) in [5.74, 6) is 1.22. The third kappa shape index (κ3) is 4.20. The Morgan fingerprint density at radius 1 is 0.933 bits per heavy atom. The van der Waals surface area contributed by atoms with Crippen LogP contribution in [-0.4, -0.2) is 19.3 Å². The molecule has 0 radical (unpaired) electrons. The summed E-state index contributed by atoms with van der Waals surface area (Å²) >= 11 is 0. The van der Waals surface area contributed by atoms with E-state index in [9.17, 15) is 8.42 Å². The number of anilines is 1. The fourth-order valence-corrected chi connectivity index (χ4v) is 5.17. The predicted molar refractivity (Wildman–Crippen MR) is 119 cm³/mol. The van der Waals surface area contributed by atoms with Crippen molar-refractivity contribution in [2.75, 3.05) is 11.9 Å². The number of benzene rings is 3. The monoisotopic (exact) mass is 422 g/mol. The van der Waals surface area contributed by atoms with E-state index in [1.807, 2.05) is 60.7 Å². The number of nitrogens with zero attached hydrogens (tertiary/aromatic N) is 1. The van der Waals surface area contributed by atoms with Crippen molar-refractivity contribution in [3.63, 3.8) is 0 Å². The summed E-state index contributed by atoms with van der Waals surface area (Å²) in [5.41, 5.74) is 2.41. The number of rotatable bonds is 6. The molecule has 0 unspecified atom stereocenters. The van der Waals surface area contributed by atoms with Crippen LogP contribution in [0.5, 0.6) is 5.75 Å². The van der Waals surface area contributed by atoms with Crippen molar-refractivity contribution >= 4 is 15.7 Å². The number of hydrogen-bond acceptors (Lipinski definition) is 4. The largest absolute Gasteiger partial charge is 0.493 e. The topological polar surface area (TPSA) is 58.6 Å². The van der Waals surface area contributed by atoms with Crippen molar-refractivity contribution in [2.45, 2.75) is 31.5 Å². The highest BCUT2D eigenvalue weighted by atomic mass is 32.2. The molecule has 4 rings (SSSR count). The van der Waals surface area contributed by atoms with Gasteiger partial charge in [0.15, 0.2) is 0 Å². The molecule has 0 aromatic heterocycles. The van der Waals surface area contributed by atoms with Crippen molar-refractivity contribution in [1.29, 1.82) is 0 Å². The molecule has 30 heavy (non-hydrogen) atoms. The first kappa shape index (κ1) is 20.4. The van der Waals surface area contributed by atoms with E-state index in [2.05, 4.69) is 19.2 Å². The zero-order valence-electron chi connectivity index (χ0n) is 17.2. The number of hydrogen-bond donors (Lipinski definition) is 1. The molecule has 0 fully saturated rings. The Bertz CT molecular complexity index is 1100. The lowest BCUT2D eigenvalue weighted by molar-refractivity contribution is 0.270. The Hall–Kier alpha value is -2.83. The molecule has 1 heterocycles. The van der Waals surface area contributed by atoms with Gasteiger partial charge in [-0.25, -0.2) is 8.42 Å². The summed E-state index contributed by atoms with van der Waals surface area (Å²) in [6, 6.07) is 24.3. The Morgan fingerprint density at radius 3 is 2.30 bits per heavy atom. The second-order valence-corrected chi connectivity index (χ2v) is 9.71. The number of fused-ring (bicyclic) bond motifs is 1. The van der Waals surface area contributed by atoms with Gasteiger partial charge in [-0.15, -0.1) is 0 Å². The van der Waals surface area contributed by atoms with Crippen LogP contribution in [0.3, 0.4) is 0 Å². The Labute approximate surface area is 178 Å². The fraction of sp³-hybridized carbons (Fsp3) is 0.250. The molecule has 1 N–H and O–H groups in total. The van der Waals surface area contributed by atoms with Crippen molar-refractivity contribution in [2.24, 2.45) is 5.92 Å². The fourth-order valence-electron chi connectivity index (χ4n) is 3.49. The van der Waals surface area contributed by atoms with Crippen LogP contribution in [0.15, 0.2) is 83.8 Å². The van der Waals surface area contributed by atoms with Gasteiger partial charge in [0, 0.05) is 6.54 Å². The lowest BCUT2D eigenvalue weighted by Crippen LogP contribution is -2.42. The van der Waals surface area contributed by atoms with Crippen LogP contribution >= 0.6 is 0 Å². The summed E-state index contributed by atoms with van der Waals surface area (Å²) in [6.45, 7) is 5.12. The Balaban J connectivity index is 1.70. The van der Waals surface area contributed by atoms with Crippen molar-refractivity contribution in [3.8, 4) is 5.75 Å². The van der Waals surface area contributed by atoms with Crippen LogP contribution in [0.25, 0.3) is 0 Å². The maximum Gasteiger partial charge on any atom is 0.247 e. The average molecular weight is 423 g/mol. The number of sulfonamides is 1. The first-order valence-corrected chi connectivity index (χ1v) is 11.5. The van der Waals surface area contributed by atoms with E-state index in [-0.39, 0.29) is 6.54 Å². The molecule has 0 aliphatic carbocycles.